The van der Waals surface area contributed by atoms with Crippen LogP contribution in [-0.4, -0.2) is 22.5 Å². The molecule has 1 amide bonds. The topological polar surface area (TPSA) is 64.1 Å². The predicted octanol–water partition coefficient (Wildman–Crippen LogP) is 6.01. The molecule has 6 heteroatoms. The number of anilines is 1. The van der Waals surface area contributed by atoms with E-state index in [2.05, 4.69) is 30.2 Å². The molecular weight excluding hydrogens is 406 g/mol. The summed E-state index contributed by atoms with van der Waals surface area (Å²) in [7, 11) is 0. The summed E-state index contributed by atoms with van der Waals surface area (Å²) in [5, 5.41) is 5.82. The number of aromatic nitrogens is 2. The number of pyridine rings is 1. The molecule has 0 saturated heterocycles. The zero-order chi connectivity index (χ0) is 21.6. The van der Waals surface area contributed by atoms with Crippen LogP contribution in [0.2, 0.25) is 0 Å². The first kappa shape index (κ1) is 20.8. The lowest BCUT2D eigenvalue weighted by atomic mass is 10.0. The summed E-state index contributed by atoms with van der Waals surface area (Å²) in [5.41, 5.74) is 4.68. The number of nitrogens with one attached hydrogen (secondary N) is 1. The van der Waals surface area contributed by atoms with Gasteiger partial charge in [0, 0.05) is 34.6 Å². The molecule has 0 aliphatic carbocycles. The van der Waals surface area contributed by atoms with Gasteiger partial charge < -0.3 is 10.1 Å². The molecular formula is C25H23N3O2S. The lowest BCUT2D eigenvalue weighted by Crippen LogP contribution is -2.20. The number of hydrogen-bond donors (Lipinski definition) is 1. The van der Waals surface area contributed by atoms with Crippen molar-refractivity contribution in [1.82, 2.24) is 9.97 Å². The molecule has 5 nitrogen and oxygen atoms in total. The Balaban J connectivity index is 1.40. The quantitative estimate of drug-likeness (QED) is 0.391. The van der Waals surface area contributed by atoms with Crippen molar-refractivity contribution in [3.63, 3.8) is 0 Å². The summed E-state index contributed by atoms with van der Waals surface area (Å²) in [6.45, 7) is 4.20. The number of carbonyl (C=O) groups excluding carboxylic acids is 1. The predicted molar refractivity (Wildman–Crippen MR) is 125 cm³/mol. The molecule has 0 aliphatic rings. The number of rotatable bonds is 7. The molecule has 2 aromatic carbocycles. The Morgan fingerprint density at radius 3 is 2.71 bits per heavy atom. The van der Waals surface area contributed by atoms with Gasteiger partial charge in [-0.2, -0.15) is 0 Å². The van der Waals surface area contributed by atoms with Gasteiger partial charge in [-0.05, 0) is 47.9 Å². The van der Waals surface area contributed by atoms with Crippen molar-refractivity contribution in [2.45, 2.75) is 19.8 Å². The van der Waals surface area contributed by atoms with Crippen molar-refractivity contribution in [3.8, 4) is 27.6 Å². The highest BCUT2D eigenvalue weighted by Gasteiger charge is 2.09. The van der Waals surface area contributed by atoms with E-state index in [1.807, 2.05) is 60.0 Å². The van der Waals surface area contributed by atoms with E-state index in [-0.39, 0.29) is 12.5 Å². The second-order valence-corrected chi connectivity index (χ2v) is 8.28. The molecule has 0 atom stereocenters. The van der Waals surface area contributed by atoms with Crippen molar-refractivity contribution < 1.29 is 9.53 Å². The molecule has 0 bridgehead atoms. The molecule has 0 unspecified atom stereocenters. The maximum atomic E-state index is 12.4. The van der Waals surface area contributed by atoms with Gasteiger partial charge in [0.15, 0.2) is 6.61 Å². The third kappa shape index (κ3) is 5.35. The number of thiazole rings is 1. The number of ether oxygens (including phenoxy) is 1. The van der Waals surface area contributed by atoms with E-state index in [0.717, 1.165) is 21.8 Å². The fourth-order valence-electron chi connectivity index (χ4n) is 3.09. The van der Waals surface area contributed by atoms with Crippen LogP contribution >= 0.6 is 11.3 Å². The molecule has 1 N–H and O–H groups in total. The van der Waals surface area contributed by atoms with Crippen LogP contribution < -0.4 is 10.1 Å². The molecule has 0 fully saturated rings. The zero-order valence-corrected chi connectivity index (χ0v) is 18.2. The Hall–Kier alpha value is -3.51. The Morgan fingerprint density at radius 2 is 1.90 bits per heavy atom. The normalized spacial score (nSPS) is 10.8. The number of hydrogen-bond acceptors (Lipinski definition) is 5. The Bertz CT molecular complexity index is 1170. The van der Waals surface area contributed by atoms with Crippen LogP contribution in [0.15, 0.2) is 78.4 Å². The smallest absolute Gasteiger partial charge is 0.262 e. The summed E-state index contributed by atoms with van der Waals surface area (Å²) in [6.07, 6.45) is 3.55. The van der Waals surface area contributed by atoms with Crippen LogP contribution in [0.25, 0.3) is 21.8 Å². The number of nitrogens with zero attached hydrogens (tertiary/aromatic N) is 2. The van der Waals surface area contributed by atoms with Crippen molar-refractivity contribution in [2.24, 2.45) is 0 Å². The lowest BCUT2D eigenvalue weighted by Gasteiger charge is -2.10. The minimum absolute atomic E-state index is 0.0480. The molecule has 2 aromatic heterocycles. The van der Waals surface area contributed by atoms with Crippen molar-refractivity contribution in [2.75, 3.05) is 11.9 Å². The van der Waals surface area contributed by atoms with E-state index in [4.69, 9.17) is 9.72 Å². The highest BCUT2D eigenvalue weighted by molar-refractivity contribution is 7.13. The van der Waals surface area contributed by atoms with Gasteiger partial charge >= 0.3 is 0 Å². The average molecular weight is 430 g/mol. The van der Waals surface area contributed by atoms with Crippen LogP contribution in [0.5, 0.6) is 5.75 Å². The van der Waals surface area contributed by atoms with Crippen molar-refractivity contribution in [3.05, 3.63) is 84.0 Å². The Morgan fingerprint density at radius 1 is 1.06 bits per heavy atom. The van der Waals surface area contributed by atoms with Gasteiger partial charge in [0.05, 0.1) is 5.69 Å². The molecule has 0 spiro atoms. The van der Waals surface area contributed by atoms with E-state index in [1.54, 1.807) is 23.7 Å². The third-order valence-corrected chi connectivity index (χ3v) is 5.64. The average Bonchev–Trinajstić information content (AvgIpc) is 3.29. The molecule has 4 rings (SSSR count). The van der Waals surface area contributed by atoms with Crippen LogP contribution in [0.4, 0.5) is 5.69 Å². The molecule has 4 aromatic rings. The molecule has 156 valence electrons. The fourth-order valence-corrected chi connectivity index (χ4v) is 3.91. The lowest BCUT2D eigenvalue weighted by molar-refractivity contribution is -0.118. The zero-order valence-electron chi connectivity index (χ0n) is 17.4. The van der Waals surface area contributed by atoms with Gasteiger partial charge in [0.2, 0.25) is 0 Å². The molecule has 0 radical (unpaired) electrons. The summed E-state index contributed by atoms with van der Waals surface area (Å²) in [4.78, 5) is 21.2. The van der Waals surface area contributed by atoms with Crippen LogP contribution in [0.3, 0.4) is 0 Å². The molecule has 31 heavy (non-hydrogen) atoms. The van der Waals surface area contributed by atoms with Gasteiger partial charge in [0.1, 0.15) is 10.8 Å². The van der Waals surface area contributed by atoms with Crippen molar-refractivity contribution in [1.29, 1.82) is 0 Å². The SMILES string of the molecule is CC(C)c1cccc(OCC(=O)Nc2cccc(-c3csc(-c4cccnc4)n3)c2)c1. The van der Waals surface area contributed by atoms with Gasteiger partial charge in [-0.1, -0.05) is 38.1 Å². The van der Waals surface area contributed by atoms with Gasteiger partial charge in [0.25, 0.3) is 5.91 Å². The summed E-state index contributed by atoms with van der Waals surface area (Å²) >= 11 is 1.57. The van der Waals surface area contributed by atoms with E-state index in [9.17, 15) is 4.79 Å². The molecule has 0 aliphatic heterocycles. The maximum absolute atomic E-state index is 12.4. The first-order valence-electron chi connectivity index (χ1n) is 10.1. The van der Waals surface area contributed by atoms with E-state index in [0.29, 0.717) is 17.4 Å². The largest absolute Gasteiger partial charge is 0.484 e. The fraction of sp³-hybridized carbons (Fsp3) is 0.160. The number of carbonyl (C=O) groups is 1. The summed E-state index contributed by atoms with van der Waals surface area (Å²) in [5.74, 6) is 0.895. The standard InChI is InChI=1S/C25H23N3O2S/c1-17(2)18-6-4-10-22(13-18)30-15-24(29)27-21-9-3-7-19(12-21)23-16-31-25(28-23)20-8-5-11-26-14-20/h3-14,16-17H,15H2,1-2H3,(H,27,29). The Labute approximate surface area is 185 Å². The maximum Gasteiger partial charge on any atom is 0.262 e. The number of amides is 1. The van der Waals surface area contributed by atoms with Crippen LogP contribution in [-0.2, 0) is 4.79 Å². The molecule has 2 heterocycles. The van der Waals surface area contributed by atoms with Gasteiger partial charge in [-0.3, -0.25) is 9.78 Å². The Kier molecular flexibility index (Phi) is 6.38. The van der Waals surface area contributed by atoms with E-state index in [1.165, 1.54) is 5.56 Å². The van der Waals surface area contributed by atoms with Crippen molar-refractivity contribution >= 4 is 22.9 Å². The summed E-state index contributed by atoms with van der Waals surface area (Å²) < 4.78 is 5.67. The highest BCUT2D eigenvalue weighted by atomic mass is 32.1. The second kappa shape index (κ2) is 9.53. The minimum Gasteiger partial charge on any atom is -0.484 e. The molecule has 0 saturated carbocycles. The summed E-state index contributed by atoms with van der Waals surface area (Å²) in [6, 6.07) is 19.4. The monoisotopic (exact) mass is 429 g/mol. The minimum atomic E-state index is -0.207. The van der Waals surface area contributed by atoms with E-state index >= 15 is 0 Å². The van der Waals surface area contributed by atoms with E-state index < -0.39 is 0 Å². The van der Waals surface area contributed by atoms with Gasteiger partial charge in [-0.15, -0.1) is 11.3 Å². The van der Waals surface area contributed by atoms with Gasteiger partial charge in [-0.25, -0.2) is 4.98 Å². The van der Waals surface area contributed by atoms with Crippen LogP contribution in [0, 0.1) is 0 Å². The first-order chi connectivity index (χ1) is 15.1. The highest BCUT2D eigenvalue weighted by Crippen LogP contribution is 2.29. The number of benzene rings is 2. The van der Waals surface area contributed by atoms with Crippen LogP contribution in [0.1, 0.15) is 25.3 Å². The second-order valence-electron chi connectivity index (χ2n) is 7.42. The third-order valence-electron chi connectivity index (χ3n) is 4.75. The first-order valence-corrected chi connectivity index (χ1v) is 11.0.